The van der Waals surface area contributed by atoms with Gasteiger partial charge in [-0.3, -0.25) is 0 Å². The summed E-state index contributed by atoms with van der Waals surface area (Å²) in [4.78, 5) is 4.52. The number of furan rings is 1. The van der Waals surface area contributed by atoms with Crippen molar-refractivity contribution in [3.63, 3.8) is 0 Å². The smallest absolute Gasteiger partial charge is 0.110 e. The Bertz CT molecular complexity index is 544. The Balaban J connectivity index is 1.57. The van der Waals surface area contributed by atoms with Gasteiger partial charge in [0.2, 0.25) is 0 Å². The van der Waals surface area contributed by atoms with Crippen LogP contribution in [0.4, 0.5) is 0 Å². The second-order valence-electron chi connectivity index (χ2n) is 5.60. The van der Waals surface area contributed by atoms with Crippen molar-refractivity contribution in [2.45, 2.75) is 44.2 Å². The van der Waals surface area contributed by atoms with Gasteiger partial charge in [-0.05, 0) is 37.7 Å². The van der Waals surface area contributed by atoms with Crippen molar-refractivity contribution in [2.75, 3.05) is 0 Å². The minimum Gasteiger partial charge on any atom is -0.469 e. The highest BCUT2D eigenvalue weighted by Gasteiger charge is 2.36. The van der Waals surface area contributed by atoms with Gasteiger partial charge in [0.25, 0.3) is 0 Å². The van der Waals surface area contributed by atoms with E-state index in [2.05, 4.69) is 21.7 Å². The minimum atomic E-state index is 0.436. The van der Waals surface area contributed by atoms with E-state index in [4.69, 9.17) is 4.42 Å². The number of fused-ring (bicyclic) bond motifs is 1. The van der Waals surface area contributed by atoms with E-state index in [-0.39, 0.29) is 0 Å². The molecule has 2 aromatic heterocycles. The fourth-order valence-electron chi connectivity index (χ4n) is 3.10. The van der Waals surface area contributed by atoms with Crippen LogP contribution in [-0.4, -0.2) is 4.98 Å². The van der Waals surface area contributed by atoms with Gasteiger partial charge < -0.3 is 9.73 Å². The Hall–Kier alpha value is -1.13. The van der Waals surface area contributed by atoms with Crippen LogP contribution >= 0.6 is 11.3 Å². The summed E-state index contributed by atoms with van der Waals surface area (Å²) in [6.45, 7) is 0. The molecule has 1 N–H and O–H groups in total. The third-order valence-corrected chi connectivity index (χ3v) is 5.10. The Morgan fingerprint density at radius 1 is 1.37 bits per heavy atom. The van der Waals surface area contributed by atoms with Crippen molar-refractivity contribution in [3.8, 4) is 0 Å². The molecule has 1 fully saturated rings. The number of aryl methyl sites for hydroxylation is 1. The molecule has 2 aliphatic carbocycles. The number of hydrogen-bond donors (Lipinski definition) is 1. The maximum atomic E-state index is 5.58. The predicted molar refractivity (Wildman–Crippen MR) is 75.1 cm³/mol. The first-order valence-electron chi connectivity index (χ1n) is 7.13. The van der Waals surface area contributed by atoms with Gasteiger partial charge in [0, 0.05) is 29.6 Å². The zero-order valence-corrected chi connectivity index (χ0v) is 11.7. The fourth-order valence-corrected chi connectivity index (χ4v) is 3.89. The zero-order valence-electron chi connectivity index (χ0n) is 10.8. The van der Waals surface area contributed by atoms with Crippen molar-refractivity contribution >= 4 is 11.3 Å². The lowest BCUT2D eigenvalue weighted by molar-refractivity contribution is 0.356. The monoisotopic (exact) mass is 274 g/mol. The lowest BCUT2D eigenvalue weighted by Gasteiger charge is -2.27. The summed E-state index contributed by atoms with van der Waals surface area (Å²) >= 11 is 1.77. The Morgan fingerprint density at radius 3 is 3.11 bits per heavy atom. The summed E-state index contributed by atoms with van der Waals surface area (Å²) in [5.41, 5.74) is 1.37. The lowest BCUT2D eigenvalue weighted by atomic mass is 9.92. The van der Waals surface area contributed by atoms with Gasteiger partial charge in [-0.25, -0.2) is 4.98 Å². The van der Waals surface area contributed by atoms with Gasteiger partial charge in [0.1, 0.15) is 10.8 Å². The van der Waals surface area contributed by atoms with Crippen molar-refractivity contribution < 1.29 is 4.42 Å². The molecule has 0 aliphatic heterocycles. The highest BCUT2D eigenvalue weighted by atomic mass is 32.1. The molecule has 0 unspecified atom stereocenters. The molecule has 2 aromatic rings. The summed E-state index contributed by atoms with van der Waals surface area (Å²) < 4.78 is 5.58. The van der Waals surface area contributed by atoms with Crippen LogP contribution in [0.15, 0.2) is 28.3 Å². The molecule has 2 atom stereocenters. The van der Waals surface area contributed by atoms with E-state index in [0.29, 0.717) is 12.1 Å². The largest absolute Gasteiger partial charge is 0.469 e. The number of thiazole rings is 1. The zero-order chi connectivity index (χ0) is 12.7. The third kappa shape index (κ3) is 2.23. The molecule has 3 nitrogen and oxygen atoms in total. The van der Waals surface area contributed by atoms with Gasteiger partial charge in [0.15, 0.2) is 0 Å². The van der Waals surface area contributed by atoms with Crippen LogP contribution in [0.1, 0.15) is 54.1 Å². The summed E-state index contributed by atoms with van der Waals surface area (Å²) in [6, 6.07) is 3.01. The second-order valence-corrected chi connectivity index (χ2v) is 6.52. The van der Waals surface area contributed by atoms with E-state index in [0.717, 1.165) is 12.3 Å². The molecule has 2 aliphatic rings. The van der Waals surface area contributed by atoms with Crippen molar-refractivity contribution in [3.05, 3.63) is 40.2 Å². The molecule has 1 saturated carbocycles. The first kappa shape index (κ1) is 11.7. The SMILES string of the molecule is c1csc([C@@H](N[C@@H]2CCCc3occc32)C2CC2)n1. The molecule has 100 valence electrons. The molecule has 0 saturated heterocycles. The molecular weight excluding hydrogens is 256 g/mol. The number of rotatable bonds is 4. The van der Waals surface area contributed by atoms with Gasteiger partial charge in [-0.15, -0.1) is 11.3 Å². The number of aromatic nitrogens is 1. The average Bonchev–Trinajstić information content (AvgIpc) is 2.94. The van der Waals surface area contributed by atoms with E-state index in [1.807, 2.05) is 12.5 Å². The van der Waals surface area contributed by atoms with Crippen molar-refractivity contribution in [2.24, 2.45) is 5.92 Å². The molecule has 0 spiro atoms. The van der Waals surface area contributed by atoms with Crippen LogP contribution in [0.2, 0.25) is 0 Å². The van der Waals surface area contributed by atoms with E-state index in [1.165, 1.54) is 42.0 Å². The van der Waals surface area contributed by atoms with E-state index >= 15 is 0 Å². The Labute approximate surface area is 117 Å². The van der Waals surface area contributed by atoms with E-state index in [9.17, 15) is 0 Å². The van der Waals surface area contributed by atoms with Crippen LogP contribution in [0.3, 0.4) is 0 Å². The molecular formula is C15H18N2OS. The summed E-state index contributed by atoms with van der Waals surface area (Å²) in [5.74, 6) is 1.96. The maximum Gasteiger partial charge on any atom is 0.110 e. The van der Waals surface area contributed by atoms with Crippen LogP contribution in [0, 0.1) is 5.92 Å². The normalized spacial score (nSPS) is 24.1. The molecule has 0 aromatic carbocycles. The third-order valence-electron chi connectivity index (χ3n) is 4.24. The summed E-state index contributed by atoms with van der Waals surface area (Å²) in [7, 11) is 0. The van der Waals surface area contributed by atoms with Crippen molar-refractivity contribution in [1.82, 2.24) is 10.3 Å². The van der Waals surface area contributed by atoms with Crippen LogP contribution in [0.5, 0.6) is 0 Å². The van der Waals surface area contributed by atoms with Gasteiger partial charge in [0.05, 0.1) is 12.3 Å². The molecule has 0 radical (unpaired) electrons. The maximum absolute atomic E-state index is 5.58. The molecule has 0 amide bonds. The number of nitrogens with zero attached hydrogens (tertiary/aromatic N) is 1. The topological polar surface area (TPSA) is 38.1 Å². The first-order chi connectivity index (χ1) is 9.42. The molecule has 4 rings (SSSR count). The average molecular weight is 274 g/mol. The highest BCUT2D eigenvalue weighted by molar-refractivity contribution is 7.09. The van der Waals surface area contributed by atoms with Crippen molar-refractivity contribution in [1.29, 1.82) is 0 Å². The quantitative estimate of drug-likeness (QED) is 0.920. The summed E-state index contributed by atoms with van der Waals surface area (Å²) in [6.07, 6.45) is 9.94. The number of hydrogen-bond acceptors (Lipinski definition) is 4. The highest BCUT2D eigenvalue weighted by Crippen LogP contribution is 2.44. The number of nitrogens with one attached hydrogen (secondary N) is 1. The minimum absolute atomic E-state index is 0.436. The molecule has 4 heteroatoms. The van der Waals surface area contributed by atoms with Gasteiger partial charge in [-0.2, -0.15) is 0 Å². The van der Waals surface area contributed by atoms with E-state index in [1.54, 1.807) is 11.3 Å². The molecule has 19 heavy (non-hydrogen) atoms. The molecule has 0 bridgehead atoms. The lowest BCUT2D eigenvalue weighted by Crippen LogP contribution is -2.29. The van der Waals surface area contributed by atoms with Gasteiger partial charge >= 0.3 is 0 Å². The van der Waals surface area contributed by atoms with Crippen LogP contribution < -0.4 is 5.32 Å². The standard InChI is InChI=1S/C15H18N2OS/c1-2-12(11-6-8-18-13(11)3-1)17-14(10-4-5-10)15-16-7-9-19-15/h6-10,12,14,17H,1-5H2/t12-,14+/m1/s1. The van der Waals surface area contributed by atoms with E-state index < -0.39 is 0 Å². The Morgan fingerprint density at radius 2 is 2.32 bits per heavy atom. The van der Waals surface area contributed by atoms with Crippen LogP contribution in [-0.2, 0) is 6.42 Å². The van der Waals surface area contributed by atoms with Gasteiger partial charge in [-0.1, -0.05) is 0 Å². The molecule has 2 heterocycles. The first-order valence-corrected chi connectivity index (χ1v) is 8.01. The van der Waals surface area contributed by atoms with Crippen LogP contribution in [0.25, 0.3) is 0 Å². The predicted octanol–water partition coefficient (Wildman–Crippen LogP) is 3.85. The summed E-state index contributed by atoms with van der Waals surface area (Å²) in [5, 5.41) is 7.18. The fraction of sp³-hybridized carbons (Fsp3) is 0.533. The Kier molecular flexibility index (Phi) is 2.93. The second kappa shape index (κ2) is 4.76.